The summed E-state index contributed by atoms with van der Waals surface area (Å²) in [5.41, 5.74) is 0.545. The van der Waals surface area contributed by atoms with Gasteiger partial charge in [0.2, 0.25) is 0 Å². The number of amides is 1. The quantitative estimate of drug-likeness (QED) is 0.811. The van der Waals surface area contributed by atoms with Gasteiger partial charge < -0.3 is 4.90 Å². The van der Waals surface area contributed by atoms with Crippen LogP contribution < -0.4 is 0 Å². The fourth-order valence-corrected chi connectivity index (χ4v) is 4.26. The van der Waals surface area contributed by atoms with E-state index in [9.17, 15) is 9.18 Å². The van der Waals surface area contributed by atoms with Crippen LogP contribution in [-0.2, 0) is 0 Å². The van der Waals surface area contributed by atoms with Crippen LogP contribution in [0.4, 0.5) is 4.39 Å². The summed E-state index contributed by atoms with van der Waals surface area (Å²) in [6, 6.07) is 4.46. The second-order valence-electron chi connectivity index (χ2n) is 6.25. The predicted octanol–water partition coefficient (Wildman–Crippen LogP) is 4.10. The highest BCUT2D eigenvalue weighted by atomic mass is 79.9. The van der Waals surface area contributed by atoms with Gasteiger partial charge in [0.25, 0.3) is 5.91 Å². The number of benzene rings is 1. The normalized spacial score (nSPS) is 27.9. The third-order valence-corrected chi connectivity index (χ3v) is 5.51. The lowest BCUT2D eigenvalue weighted by molar-refractivity contribution is 0.0754. The van der Waals surface area contributed by atoms with E-state index in [0.29, 0.717) is 16.0 Å². The molecule has 0 aliphatic heterocycles. The topological polar surface area (TPSA) is 20.3 Å². The Hall–Kier alpha value is -0.900. The van der Waals surface area contributed by atoms with Gasteiger partial charge in [-0.05, 0) is 71.1 Å². The largest absolute Gasteiger partial charge is 0.341 e. The molecule has 0 spiro atoms. The molecule has 0 heterocycles. The summed E-state index contributed by atoms with van der Waals surface area (Å²) < 4.78 is 13.6. The van der Waals surface area contributed by atoms with Crippen molar-refractivity contribution in [2.24, 2.45) is 17.8 Å². The van der Waals surface area contributed by atoms with Crippen LogP contribution in [0, 0.1) is 23.6 Å². The SMILES string of the molecule is CN(CC1CC2CCC1C2)C(=O)c1ccc(F)c(Br)c1. The molecule has 0 radical (unpaired) electrons. The van der Waals surface area contributed by atoms with E-state index in [1.807, 2.05) is 7.05 Å². The molecule has 3 rings (SSSR count). The molecule has 20 heavy (non-hydrogen) atoms. The predicted molar refractivity (Wildman–Crippen MR) is 80.0 cm³/mol. The standard InChI is InChI=1S/C16H19BrFNO/c1-19(9-13-7-10-2-3-11(13)6-10)16(20)12-4-5-15(18)14(17)8-12/h4-5,8,10-11,13H,2-3,6-7,9H2,1H3. The summed E-state index contributed by atoms with van der Waals surface area (Å²) >= 11 is 3.13. The minimum atomic E-state index is -0.336. The molecular weight excluding hydrogens is 321 g/mol. The Kier molecular flexibility index (Phi) is 3.85. The van der Waals surface area contributed by atoms with E-state index in [1.54, 1.807) is 17.0 Å². The first kappa shape index (κ1) is 14.1. The first-order valence-electron chi connectivity index (χ1n) is 7.25. The van der Waals surface area contributed by atoms with E-state index in [-0.39, 0.29) is 11.7 Å². The van der Waals surface area contributed by atoms with Crippen molar-refractivity contribution >= 4 is 21.8 Å². The number of carbonyl (C=O) groups excluding carboxylic acids is 1. The van der Waals surface area contributed by atoms with Gasteiger partial charge in [-0.25, -0.2) is 4.39 Å². The van der Waals surface area contributed by atoms with Crippen molar-refractivity contribution in [2.45, 2.75) is 25.7 Å². The smallest absolute Gasteiger partial charge is 0.253 e. The highest BCUT2D eigenvalue weighted by Crippen LogP contribution is 2.48. The summed E-state index contributed by atoms with van der Waals surface area (Å²) in [5.74, 6) is 2.01. The molecule has 2 aliphatic rings. The van der Waals surface area contributed by atoms with E-state index in [2.05, 4.69) is 15.9 Å². The van der Waals surface area contributed by atoms with Gasteiger partial charge in [-0.15, -0.1) is 0 Å². The molecule has 4 heteroatoms. The average molecular weight is 340 g/mol. The molecule has 2 saturated carbocycles. The number of rotatable bonds is 3. The van der Waals surface area contributed by atoms with Crippen LogP contribution in [-0.4, -0.2) is 24.4 Å². The molecule has 1 aromatic carbocycles. The second-order valence-corrected chi connectivity index (χ2v) is 7.10. The maximum absolute atomic E-state index is 13.2. The van der Waals surface area contributed by atoms with Gasteiger partial charge in [0.15, 0.2) is 0 Å². The van der Waals surface area contributed by atoms with Gasteiger partial charge in [0.1, 0.15) is 5.82 Å². The molecule has 3 atom stereocenters. The minimum absolute atomic E-state index is 0.0199. The first-order chi connectivity index (χ1) is 9.54. The van der Waals surface area contributed by atoms with Gasteiger partial charge in [-0.1, -0.05) is 6.42 Å². The molecule has 2 fully saturated rings. The molecule has 3 unspecified atom stereocenters. The maximum atomic E-state index is 13.2. The van der Waals surface area contributed by atoms with Crippen LogP contribution >= 0.6 is 15.9 Å². The number of carbonyl (C=O) groups is 1. The Labute approximate surface area is 127 Å². The van der Waals surface area contributed by atoms with Crippen LogP contribution in [0.25, 0.3) is 0 Å². The molecule has 0 N–H and O–H groups in total. The zero-order chi connectivity index (χ0) is 14.3. The number of nitrogens with zero attached hydrogens (tertiary/aromatic N) is 1. The van der Waals surface area contributed by atoms with Crippen molar-refractivity contribution in [1.29, 1.82) is 0 Å². The van der Waals surface area contributed by atoms with Crippen LogP contribution in [0.2, 0.25) is 0 Å². The number of fused-ring (bicyclic) bond motifs is 2. The third-order valence-electron chi connectivity index (χ3n) is 4.91. The lowest BCUT2D eigenvalue weighted by Gasteiger charge is -2.27. The molecule has 2 bridgehead atoms. The molecule has 0 aromatic heterocycles. The Morgan fingerprint density at radius 3 is 2.80 bits per heavy atom. The Bertz CT molecular complexity index is 533. The Balaban J connectivity index is 1.65. The van der Waals surface area contributed by atoms with Gasteiger partial charge in [0.05, 0.1) is 4.47 Å². The molecule has 2 nitrogen and oxygen atoms in total. The van der Waals surface area contributed by atoms with Gasteiger partial charge in [0, 0.05) is 19.2 Å². The average Bonchev–Trinajstić information content (AvgIpc) is 3.03. The van der Waals surface area contributed by atoms with Crippen LogP contribution in [0.3, 0.4) is 0 Å². The molecule has 0 saturated heterocycles. The van der Waals surface area contributed by atoms with E-state index in [1.165, 1.54) is 31.7 Å². The van der Waals surface area contributed by atoms with E-state index >= 15 is 0 Å². The van der Waals surface area contributed by atoms with Crippen LogP contribution in [0.5, 0.6) is 0 Å². The summed E-state index contributed by atoms with van der Waals surface area (Å²) in [7, 11) is 1.85. The van der Waals surface area contributed by atoms with Gasteiger partial charge in [-0.3, -0.25) is 4.79 Å². The highest BCUT2D eigenvalue weighted by molar-refractivity contribution is 9.10. The van der Waals surface area contributed by atoms with E-state index < -0.39 is 0 Å². The Morgan fingerprint density at radius 1 is 1.40 bits per heavy atom. The molecule has 2 aliphatic carbocycles. The van der Waals surface area contributed by atoms with Crippen LogP contribution in [0.1, 0.15) is 36.0 Å². The van der Waals surface area contributed by atoms with Crippen molar-refractivity contribution in [2.75, 3.05) is 13.6 Å². The lowest BCUT2D eigenvalue weighted by Crippen LogP contribution is -2.33. The van der Waals surface area contributed by atoms with E-state index in [4.69, 9.17) is 0 Å². The van der Waals surface area contributed by atoms with Crippen LogP contribution in [0.15, 0.2) is 22.7 Å². The van der Waals surface area contributed by atoms with Gasteiger partial charge >= 0.3 is 0 Å². The third kappa shape index (κ3) is 2.62. The lowest BCUT2D eigenvalue weighted by atomic mass is 9.88. The minimum Gasteiger partial charge on any atom is -0.341 e. The zero-order valence-corrected chi connectivity index (χ0v) is 13.2. The zero-order valence-electron chi connectivity index (χ0n) is 11.6. The van der Waals surface area contributed by atoms with Gasteiger partial charge in [-0.2, -0.15) is 0 Å². The van der Waals surface area contributed by atoms with Crippen molar-refractivity contribution in [3.63, 3.8) is 0 Å². The number of hydrogen-bond acceptors (Lipinski definition) is 1. The van der Waals surface area contributed by atoms with Crippen molar-refractivity contribution < 1.29 is 9.18 Å². The number of halogens is 2. The summed E-state index contributed by atoms with van der Waals surface area (Å²) in [6.07, 6.45) is 5.34. The summed E-state index contributed by atoms with van der Waals surface area (Å²) in [4.78, 5) is 14.2. The van der Waals surface area contributed by atoms with E-state index in [0.717, 1.165) is 18.4 Å². The first-order valence-corrected chi connectivity index (χ1v) is 8.04. The number of hydrogen-bond donors (Lipinski definition) is 0. The molecular formula is C16H19BrFNO. The second kappa shape index (κ2) is 5.47. The molecule has 1 aromatic rings. The van der Waals surface area contributed by atoms with Crippen molar-refractivity contribution in [3.8, 4) is 0 Å². The highest BCUT2D eigenvalue weighted by Gasteiger charge is 2.40. The van der Waals surface area contributed by atoms with Crippen molar-refractivity contribution in [1.82, 2.24) is 4.90 Å². The summed E-state index contributed by atoms with van der Waals surface area (Å²) in [6.45, 7) is 0.828. The fourth-order valence-electron chi connectivity index (χ4n) is 3.88. The Morgan fingerprint density at radius 2 is 2.20 bits per heavy atom. The summed E-state index contributed by atoms with van der Waals surface area (Å²) in [5, 5.41) is 0. The van der Waals surface area contributed by atoms with Crippen molar-refractivity contribution in [3.05, 3.63) is 34.1 Å². The molecule has 1 amide bonds. The monoisotopic (exact) mass is 339 g/mol. The molecule has 108 valence electrons. The fraction of sp³-hybridized carbons (Fsp3) is 0.562. The maximum Gasteiger partial charge on any atom is 0.253 e.